The molecule has 1 heterocycles. The van der Waals surface area contributed by atoms with E-state index in [0.29, 0.717) is 11.3 Å². The van der Waals surface area contributed by atoms with E-state index in [0.717, 1.165) is 14.7 Å². The topological polar surface area (TPSA) is 90.5 Å². The van der Waals surface area contributed by atoms with E-state index in [4.69, 9.17) is 9.84 Å². The van der Waals surface area contributed by atoms with Gasteiger partial charge in [0.15, 0.2) is 0 Å². The third-order valence-electron chi connectivity index (χ3n) is 3.71. The number of carboxylic acids is 1. The van der Waals surface area contributed by atoms with Crippen LogP contribution in [0, 0.1) is 6.92 Å². The third kappa shape index (κ3) is 3.10. The Hall–Kier alpha value is -2.83. The van der Waals surface area contributed by atoms with E-state index >= 15 is 0 Å². The zero-order chi connectivity index (χ0) is 18.0. The number of carboxylic acid groups (broad SMARTS) is 1. The summed E-state index contributed by atoms with van der Waals surface area (Å²) in [4.78, 5) is 36.2. The number of nitrogens with zero attached hydrogens (tertiary/aromatic N) is 2. The summed E-state index contributed by atoms with van der Waals surface area (Å²) in [7, 11) is 1.50. The molecule has 1 aromatic heterocycles. The number of rotatable bonds is 5. The smallest absolute Gasteiger partial charge is 0.331 e. The van der Waals surface area contributed by atoms with Crippen molar-refractivity contribution in [1.82, 2.24) is 9.13 Å². The number of aromatic nitrogens is 2. The highest BCUT2D eigenvalue weighted by Gasteiger charge is 2.19. The van der Waals surface area contributed by atoms with Crippen LogP contribution in [0.15, 0.2) is 34.0 Å². The van der Waals surface area contributed by atoms with Gasteiger partial charge >= 0.3 is 11.7 Å². The zero-order valence-corrected chi connectivity index (χ0v) is 14.1. The Morgan fingerprint density at radius 1 is 1.25 bits per heavy atom. The highest BCUT2D eigenvalue weighted by Crippen LogP contribution is 2.30. The number of hydrogen-bond acceptors (Lipinski definition) is 4. The molecule has 7 heteroatoms. The van der Waals surface area contributed by atoms with E-state index in [9.17, 15) is 14.4 Å². The van der Waals surface area contributed by atoms with Gasteiger partial charge in [0, 0.05) is 17.8 Å². The van der Waals surface area contributed by atoms with Crippen molar-refractivity contribution in [3.8, 4) is 16.9 Å². The van der Waals surface area contributed by atoms with E-state index < -0.39 is 29.8 Å². The molecular weight excluding hydrogens is 312 g/mol. The summed E-state index contributed by atoms with van der Waals surface area (Å²) in [6, 6.07) is 4.93. The highest BCUT2D eigenvalue weighted by atomic mass is 16.5. The maximum atomic E-state index is 12.8. The van der Waals surface area contributed by atoms with Crippen molar-refractivity contribution in [2.75, 3.05) is 7.11 Å². The Labute approximate surface area is 138 Å². The average molecular weight is 332 g/mol. The summed E-state index contributed by atoms with van der Waals surface area (Å²) >= 11 is 0. The molecule has 0 saturated carbocycles. The lowest BCUT2D eigenvalue weighted by Crippen LogP contribution is -2.42. The highest BCUT2D eigenvalue weighted by molar-refractivity contribution is 5.71. The normalized spacial score (nSPS) is 10.9. The Kier molecular flexibility index (Phi) is 4.92. The molecule has 2 rings (SSSR count). The maximum absolute atomic E-state index is 12.8. The molecular formula is C17H20N2O5. The molecule has 0 bridgehead atoms. The Bertz CT molecular complexity index is 893. The van der Waals surface area contributed by atoms with Gasteiger partial charge in [-0.05, 0) is 26.3 Å². The Morgan fingerprint density at radius 3 is 2.46 bits per heavy atom. The molecule has 1 aromatic carbocycles. The molecule has 0 amide bonds. The lowest BCUT2D eigenvalue weighted by atomic mass is 10.0. The number of aryl methyl sites for hydroxylation is 1. The molecule has 0 aliphatic rings. The van der Waals surface area contributed by atoms with Gasteiger partial charge in [-0.15, -0.1) is 0 Å². The van der Waals surface area contributed by atoms with Gasteiger partial charge < -0.3 is 9.84 Å². The van der Waals surface area contributed by atoms with Gasteiger partial charge in [0.25, 0.3) is 5.56 Å². The number of methoxy groups -OCH3 is 1. The molecule has 0 aliphatic heterocycles. The summed E-state index contributed by atoms with van der Waals surface area (Å²) in [5.74, 6) is -0.640. The van der Waals surface area contributed by atoms with Crippen LogP contribution in [-0.2, 0) is 11.3 Å². The third-order valence-corrected chi connectivity index (χ3v) is 3.71. The minimum Gasteiger partial charge on any atom is -0.496 e. The first-order valence-electron chi connectivity index (χ1n) is 7.49. The molecule has 128 valence electrons. The molecule has 2 aromatic rings. The van der Waals surface area contributed by atoms with E-state index in [2.05, 4.69) is 0 Å². The van der Waals surface area contributed by atoms with E-state index in [1.165, 1.54) is 13.3 Å². The summed E-state index contributed by atoms with van der Waals surface area (Å²) in [6.07, 6.45) is 1.29. The van der Waals surface area contributed by atoms with Gasteiger partial charge in [-0.2, -0.15) is 0 Å². The second-order valence-electron chi connectivity index (χ2n) is 5.77. The number of ether oxygens (including phenoxy) is 1. The maximum Gasteiger partial charge on any atom is 0.331 e. The van der Waals surface area contributed by atoms with Crippen LogP contribution in [0.2, 0.25) is 0 Å². The summed E-state index contributed by atoms with van der Waals surface area (Å²) in [5.41, 5.74) is 0.468. The molecule has 1 N–H and O–H groups in total. The monoisotopic (exact) mass is 332 g/mol. The van der Waals surface area contributed by atoms with E-state index in [1.54, 1.807) is 26.0 Å². The largest absolute Gasteiger partial charge is 0.496 e. The van der Waals surface area contributed by atoms with Crippen molar-refractivity contribution in [2.24, 2.45) is 0 Å². The second kappa shape index (κ2) is 6.74. The van der Waals surface area contributed by atoms with Gasteiger partial charge in [0.1, 0.15) is 12.3 Å². The molecule has 0 fully saturated rings. The summed E-state index contributed by atoms with van der Waals surface area (Å²) in [6.45, 7) is 4.72. The van der Waals surface area contributed by atoms with Gasteiger partial charge in [-0.1, -0.05) is 18.2 Å². The fraction of sp³-hybridized carbons (Fsp3) is 0.353. The van der Waals surface area contributed by atoms with Crippen LogP contribution in [0.1, 0.15) is 25.5 Å². The predicted molar refractivity (Wildman–Crippen MR) is 89.7 cm³/mol. The predicted octanol–water partition coefficient (Wildman–Crippen LogP) is 1.66. The molecule has 0 atom stereocenters. The van der Waals surface area contributed by atoms with Crippen LogP contribution >= 0.6 is 0 Å². The van der Waals surface area contributed by atoms with Crippen LogP contribution in [0.25, 0.3) is 11.1 Å². The Morgan fingerprint density at radius 2 is 1.92 bits per heavy atom. The minimum absolute atomic E-state index is 0.227. The molecule has 24 heavy (non-hydrogen) atoms. The number of carbonyl (C=O) groups is 1. The molecule has 0 aliphatic carbocycles. The quantitative estimate of drug-likeness (QED) is 0.899. The summed E-state index contributed by atoms with van der Waals surface area (Å²) < 4.78 is 7.47. The SMILES string of the molecule is COc1c(C)cccc1-c1cn(CC(=O)O)c(=O)n(C(C)C)c1=O. The standard InChI is InChI=1S/C17H20N2O5/c1-10(2)19-16(22)13(8-18(17(19)23)9-14(20)21)12-7-5-6-11(3)15(12)24-4/h5-8,10H,9H2,1-4H3,(H,20,21). The average Bonchev–Trinajstić information content (AvgIpc) is 2.49. The number of para-hydroxylation sites is 1. The van der Waals surface area contributed by atoms with Gasteiger partial charge in [-0.25, -0.2) is 4.79 Å². The molecule has 0 spiro atoms. The fourth-order valence-electron chi connectivity index (χ4n) is 2.66. The van der Waals surface area contributed by atoms with Crippen molar-refractivity contribution >= 4 is 5.97 Å². The summed E-state index contributed by atoms with van der Waals surface area (Å²) in [5, 5.41) is 9.02. The van der Waals surface area contributed by atoms with E-state index in [1.807, 2.05) is 13.0 Å². The van der Waals surface area contributed by atoms with Crippen molar-refractivity contribution in [2.45, 2.75) is 33.4 Å². The fourth-order valence-corrected chi connectivity index (χ4v) is 2.66. The number of hydrogen-bond donors (Lipinski definition) is 1. The second-order valence-corrected chi connectivity index (χ2v) is 5.77. The van der Waals surface area contributed by atoms with Crippen LogP contribution in [0.3, 0.4) is 0 Å². The first-order valence-corrected chi connectivity index (χ1v) is 7.49. The van der Waals surface area contributed by atoms with Crippen LogP contribution in [0.5, 0.6) is 5.75 Å². The van der Waals surface area contributed by atoms with Gasteiger partial charge in [0.05, 0.1) is 12.7 Å². The molecule has 7 nitrogen and oxygen atoms in total. The lowest BCUT2D eigenvalue weighted by molar-refractivity contribution is -0.137. The van der Waals surface area contributed by atoms with Crippen molar-refractivity contribution < 1.29 is 14.6 Å². The van der Waals surface area contributed by atoms with Gasteiger partial charge in [-0.3, -0.25) is 18.7 Å². The van der Waals surface area contributed by atoms with Crippen LogP contribution in [-0.4, -0.2) is 27.3 Å². The Balaban J connectivity index is 2.87. The first-order chi connectivity index (χ1) is 11.3. The minimum atomic E-state index is -1.16. The molecule has 0 saturated heterocycles. The van der Waals surface area contributed by atoms with Crippen molar-refractivity contribution in [3.05, 3.63) is 50.8 Å². The van der Waals surface area contributed by atoms with Crippen LogP contribution < -0.4 is 16.0 Å². The number of aliphatic carboxylic acids is 1. The molecule has 0 unspecified atom stereocenters. The zero-order valence-electron chi connectivity index (χ0n) is 14.1. The van der Waals surface area contributed by atoms with Crippen LogP contribution in [0.4, 0.5) is 0 Å². The number of benzene rings is 1. The van der Waals surface area contributed by atoms with Gasteiger partial charge in [0.2, 0.25) is 0 Å². The lowest BCUT2D eigenvalue weighted by Gasteiger charge is -2.16. The molecule has 0 radical (unpaired) electrons. The first kappa shape index (κ1) is 17.5. The van der Waals surface area contributed by atoms with E-state index in [-0.39, 0.29) is 5.56 Å². The van der Waals surface area contributed by atoms with Crippen molar-refractivity contribution in [3.63, 3.8) is 0 Å². The van der Waals surface area contributed by atoms with Crippen molar-refractivity contribution in [1.29, 1.82) is 0 Å².